The van der Waals surface area contributed by atoms with E-state index in [2.05, 4.69) is 26.1 Å². The number of unbranched alkanes of at least 4 members (excludes halogenated alkanes) is 4. The Hall–Kier alpha value is 0.197. The van der Waals surface area contributed by atoms with Crippen molar-refractivity contribution in [2.75, 3.05) is 6.61 Å². The standard InChI is InChI=1S/C13H28O2SSi/c1-4-5-6-7-8-9-12(16)17(3)13(15)11(2)10-14/h11-12,14-16H,4-10H2,1-3H3/b17-13+. The Morgan fingerprint density at radius 1 is 1.24 bits per heavy atom. The SMILES string of the molecule is CCCCCCCC(S)/[Si](C)=C(/O)C(C)CO. The summed E-state index contributed by atoms with van der Waals surface area (Å²) in [4.78, 5) is 0.302. The first kappa shape index (κ1) is 17.2. The fraction of sp³-hybridized carbons (Fsp3) is 0.923. The second-order valence-electron chi connectivity index (χ2n) is 4.87. The average Bonchev–Trinajstić information content (AvgIpc) is 2.35. The highest BCUT2D eigenvalue weighted by atomic mass is 32.1. The lowest BCUT2D eigenvalue weighted by molar-refractivity contribution is 0.259. The molecule has 0 saturated carbocycles. The van der Waals surface area contributed by atoms with Gasteiger partial charge < -0.3 is 10.2 Å². The van der Waals surface area contributed by atoms with E-state index in [0.717, 1.165) is 6.42 Å². The lowest BCUT2D eigenvalue weighted by atomic mass is 10.1. The van der Waals surface area contributed by atoms with E-state index in [1.807, 2.05) is 6.92 Å². The van der Waals surface area contributed by atoms with E-state index in [1.54, 1.807) is 0 Å². The second-order valence-corrected chi connectivity index (χ2v) is 8.56. The first-order chi connectivity index (χ1) is 8.04. The van der Waals surface area contributed by atoms with Gasteiger partial charge in [-0.25, -0.2) is 0 Å². The molecule has 2 unspecified atom stereocenters. The number of hydrogen-bond acceptors (Lipinski definition) is 3. The molecule has 0 aromatic rings. The van der Waals surface area contributed by atoms with E-state index in [0.29, 0.717) is 10.2 Å². The third kappa shape index (κ3) is 7.27. The van der Waals surface area contributed by atoms with Crippen LogP contribution in [0.15, 0.2) is 0 Å². The van der Waals surface area contributed by atoms with Gasteiger partial charge in [-0.2, -0.15) is 12.6 Å². The van der Waals surface area contributed by atoms with Gasteiger partial charge in [-0.15, -0.1) is 0 Å². The van der Waals surface area contributed by atoms with E-state index in [4.69, 9.17) is 5.11 Å². The summed E-state index contributed by atoms with van der Waals surface area (Å²) in [5, 5.41) is 19.5. The van der Waals surface area contributed by atoms with Crippen LogP contribution in [0, 0.1) is 5.92 Å². The number of thiol groups is 1. The first-order valence-electron chi connectivity index (χ1n) is 6.73. The summed E-state index contributed by atoms with van der Waals surface area (Å²) >= 11 is 4.61. The predicted octanol–water partition coefficient (Wildman–Crippen LogP) is 3.02. The Bertz CT molecular complexity index is 231. The predicted molar refractivity (Wildman–Crippen MR) is 81.0 cm³/mol. The van der Waals surface area contributed by atoms with Crippen LogP contribution in [0.1, 0.15) is 52.4 Å². The maximum absolute atomic E-state index is 9.95. The van der Waals surface area contributed by atoms with E-state index in [9.17, 15) is 5.11 Å². The average molecular weight is 277 g/mol. The third-order valence-electron chi connectivity index (χ3n) is 3.23. The zero-order valence-electron chi connectivity index (χ0n) is 11.4. The van der Waals surface area contributed by atoms with Crippen molar-refractivity contribution >= 4 is 26.4 Å². The second kappa shape index (κ2) is 10.2. The monoisotopic (exact) mass is 276 g/mol. The summed E-state index contributed by atoms with van der Waals surface area (Å²) in [6, 6.07) is 0. The number of rotatable bonds is 9. The Morgan fingerprint density at radius 2 is 1.82 bits per heavy atom. The molecule has 0 radical (unpaired) electrons. The smallest absolute Gasteiger partial charge is 0.0703 e. The summed E-state index contributed by atoms with van der Waals surface area (Å²) in [6.07, 6.45) is 7.47. The van der Waals surface area contributed by atoms with Gasteiger partial charge >= 0.3 is 0 Å². The molecule has 2 atom stereocenters. The molecule has 2 N–H and O–H groups in total. The highest BCUT2D eigenvalue weighted by Crippen LogP contribution is 2.12. The molecule has 0 amide bonds. The lowest BCUT2D eigenvalue weighted by Crippen LogP contribution is -2.29. The zero-order chi connectivity index (χ0) is 13.3. The van der Waals surface area contributed by atoms with Crippen molar-refractivity contribution in [1.29, 1.82) is 0 Å². The number of aliphatic hydroxyl groups is 2. The highest BCUT2D eigenvalue weighted by molar-refractivity contribution is 7.82. The van der Waals surface area contributed by atoms with Gasteiger partial charge in [-0.3, -0.25) is 0 Å². The maximum Gasteiger partial charge on any atom is 0.0703 e. The van der Waals surface area contributed by atoms with E-state index in [-0.39, 0.29) is 12.5 Å². The van der Waals surface area contributed by atoms with Crippen LogP contribution in [-0.4, -0.2) is 35.5 Å². The summed E-state index contributed by atoms with van der Waals surface area (Å²) in [6.45, 7) is 6.21. The molecule has 102 valence electrons. The largest absolute Gasteiger partial charge is 0.518 e. The molecule has 0 saturated heterocycles. The minimum Gasteiger partial charge on any atom is -0.518 e. The van der Waals surface area contributed by atoms with E-state index < -0.39 is 8.41 Å². The maximum atomic E-state index is 9.95. The summed E-state index contributed by atoms with van der Waals surface area (Å²) in [5.41, 5.74) is 0. The number of hydrogen-bond donors (Lipinski definition) is 3. The van der Waals surface area contributed by atoms with Gasteiger partial charge in [0.1, 0.15) is 0 Å². The molecule has 0 aliphatic heterocycles. The van der Waals surface area contributed by atoms with Crippen LogP contribution in [0.25, 0.3) is 0 Å². The molecule has 4 heteroatoms. The van der Waals surface area contributed by atoms with Crippen molar-refractivity contribution in [1.82, 2.24) is 0 Å². The van der Waals surface area contributed by atoms with Gasteiger partial charge in [0.15, 0.2) is 0 Å². The highest BCUT2D eigenvalue weighted by Gasteiger charge is 2.15. The Morgan fingerprint density at radius 3 is 2.35 bits per heavy atom. The van der Waals surface area contributed by atoms with Crippen LogP contribution < -0.4 is 0 Å². The third-order valence-corrected chi connectivity index (χ3v) is 7.23. The van der Waals surface area contributed by atoms with Crippen molar-refractivity contribution < 1.29 is 10.2 Å². The molecule has 0 aliphatic rings. The Balaban J connectivity index is 4.00. The minimum absolute atomic E-state index is 0.0326. The molecule has 0 fully saturated rings. The molecule has 0 aliphatic carbocycles. The molecule has 0 spiro atoms. The van der Waals surface area contributed by atoms with Gasteiger partial charge in [0.2, 0.25) is 0 Å². The van der Waals surface area contributed by atoms with Crippen LogP contribution >= 0.6 is 12.6 Å². The summed E-state index contributed by atoms with van der Waals surface area (Å²) < 4.78 is 0. The molecule has 2 nitrogen and oxygen atoms in total. The topological polar surface area (TPSA) is 40.5 Å². The van der Waals surface area contributed by atoms with Crippen molar-refractivity contribution in [2.45, 2.75) is 63.8 Å². The van der Waals surface area contributed by atoms with Crippen molar-refractivity contribution in [3.63, 3.8) is 0 Å². The molecule has 0 heterocycles. The van der Waals surface area contributed by atoms with Gasteiger partial charge in [-0.1, -0.05) is 52.5 Å². The molecular weight excluding hydrogens is 248 g/mol. The Labute approximate surface area is 113 Å². The van der Waals surface area contributed by atoms with Gasteiger partial charge in [0.05, 0.1) is 20.4 Å². The fourth-order valence-electron chi connectivity index (χ4n) is 1.80. The van der Waals surface area contributed by atoms with Crippen molar-refractivity contribution in [3.05, 3.63) is 0 Å². The zero-order valence-corrected chi connectivity index (χ0v) is 13.3. The van der Waals surface area contributed by atoms with Crippen LogP contribution in [0.4, 0.5) is 0 Å². The van der Waals surface area contributed by atoms with E-state index >= 15 is 0 Å². The van der Waals surface area contributed by atoms with Crippen LogP contribution in [0.5, 0.6) is 0 Å². The molecular formula is C13H28O2SSi. The number of aliphatic hydroxyl groups excluding tert-OH is 2. The fourth-order valence-corrected chi connectivity index (χ4v) is 4.23. The molecule has 0 aromatic heterocycles. The van der Waals surface area contributed by atoms with E-state index in [1.165, 1.54) is 32.1 Å². The van der Waals surface area contributed by atoms with Crippen molar-refractivity contribution in [3.8, 4) is 0 Å². The molecule has 0 bridgehead atoms. The van der Waals surface area contributed by atoms with Crippen LogP contribution in [0.3, 0.4) is 0 Å². The molecule has 0 aromatic carbocycles. The normalized spacial score (nSPS) is 16.5. The lowest BCUT2D eigenvalue weighted by Gasteiger charge is -2.16. The summed E-state index contributed by atoms with van der Waals surface area (Å²) in [7, 11) is -0.972. The van der Waals surface area contributed by atoms with Crippen LogP contribution in [-0.2, 0) is 0 Å². The molecule has 17 heavy (non-hydrogen) atoms. The van der Waals surface area contributed by atoms with Crippen LogP contribution in [0.2, 0.25) is 6.55 Å². The van der Waals surface area contributed by atoms with Crippen molar-refractivity contribution in [2.24, 2.45) is 5.92 Å². The molecule has 0 rings (SSSR count). The first-order valence-corrected chi connectivity index (χ1v) is 9.32. The van der Waals surface area contributed by atoms with Gasteiger partial charge in [-0.05, 0) is 6.42 Å². The van der Waals surface area contributed by atoms with Gasteiger partial charge in [0.25, 0.3) is 0 Å². The summed E-state index contributed by atoms with van der Waals surface area (Å²) in [5.74, 6) is -0.0939. The van der Waals surface area contributed by atoms with Gasteiger partial charge in [0, 0.05) is 10.8 Å². The minimum atomic E-state index is -0.972. The quantitative estimate of drug-likeness (QED) is 0.344. The Kier molecular flexibility index (Phi) is 10.3.